The molecule has 0 aromatic heterocycles. The first-order valence-corrected chi connectivity index (χ1v) is 6.55. The van der Waals surface area contributed by atoms with E-state index in [1.165, 1.54) is 12.1 Å². The van der Waals surface area contributed by atoms with Gasteiger partial charge >= 0.3 is 5.97 Å². The molecule has 0 unspecified atom stereocenters. The quantitative estimate of drug-likeness (QED) is 0.931. The zero-order valence-electron chi connectivity index (χ0n) is 10.6. The molecule has 1 N–H and O–H groups in total. The van der Waals surface area contributed by atoms with Crippen molar-refractivity contribution in [2.45, 2.75) is 16.7 Å². The highest BCUT2D eigenvalue weighted by Crippen LogP contribution is 2.34. The summed E-state index contributed by atoms with van der Waals surface area (Å²) >= 11 is 1.06. The van der Waals surface area contributed by atoms with E-state index in [1.807, 2.05) is 13.0 Å². The molecule has 0 fully saturated rings. The van der Waals surface area contributed by atoms with E-state index in [4.69, 9.17) is 10.4 Å². The van der Waals surface area contributed by atoms with Crippen molar-refractivity contribution in [3.05, 3.63) is 58.9 Å². The summed E-state index contributed by atoms with van der Waals surface area (Å²) in [6.07, 6.45) is 0. The summed E-state index contributed by atoms with van der Waals surface area (Å²) in [4.78, 5) is 11.7. The second kappa shape index (κ2) is 5.76. The van der Waals surface area contributed by atoms with Gasteiger partial charge in [-0.3, -0.25) is 0 Å². The van der Waals surface area contributed by atoms with E-state index in [9.17, 15) is 9.18 Å². The van der Waals surface area contributed by atoms with Crippen LogP contribution in [0.2, 0.25) is 0 Å². The summed E-state index contributed by atoms with van der Waals surface area (Å²) in [5, 5.41) is 18.0. The van der Waals surface area contributed by atoms with Gasteiger partial charge in [-0.05, 0) is 36.8 Å². The third kappa shape index (κ3) is 2.81. The summed E-state index contributed by atoms with van der Waals surface area (Å²) in [5.41, 5.74) is 1.30. The number of hydrogen-bond donors (Lipinski definition) is 1. The first kappa shape index (κ1) is 14.1. The van der Waals surface area contributed by atoms with Crippen LogP contribution in [-0.2, 0) is 0 Å². The first-order valence-electron chi connectivity index (χ1n) is 5.73. The molecule has 100 valence electrons. The predicted molar refractivity (Wildman–Crippen MR) is 73.4 cm³/mol. The molecule has 3 nitrogen and oxygen atoms in total. The minimum Gasteiger partial charge on any atom is -0.478 e. The van der Waals surface area contributed by atoms with Gasteiger partial charge in [-0.25, -0.2) is 9.18 Å². The van der Waals surface area contributed by atoms with Gasteiger partial charge in [0, 0.05) is 9.79 Å². The number of nitriles is 1. The van der Waals surface area contributed by atoms with Crippen LogP contribution in [0, 0.1) is 24.1 Å². The Hall–Kier alpha value is -2.32. The van der Waals surface area contributed by atoms with Crippen LogP contribution in [0.15, 0.2) is 46.2 Å². The average molecular weight is 287 g/mol. The Balaban J connectivity index is 2.48. The normalized spacial score (nSPS) is 10.1. The summed E-state index contributed by atoms with van der Waals surface area (Å²) in [6, 6.07) is 10.9. The molecule has 0 saturated heterocycles. The van der Waals surface area contributed by atoms with Crippen LogP contribution in [0.1, 0.15) is 21.5 Å². The maximum absolute atomic E-state index is 13.8. The largest absolute Gasteiger partial charge is 0.478 e. The van der Waals surface area contributed by atoms with Gasteiger partial charge in [0.25, 0.3) is 0 Å². The molecule has 0 amide bonds. The summed E-state index contributed by atoms with van der Waals surface area (Å²) in [5.74, 6) is -1.62. The lowest BCUT2D eigenvalue weighted by molar-refractivity contribution is 0.0696. The van der Waals surface area contributed by atoms with Crippen molar-refractivity contribution in [3.8, 4) is 6.07 Å². The molecule has 2 aromatic rings. The standard InChI is InChI=1S/C15H10FNO2S/c1-9-3-2-4-11(8-17)14(9)20-13-7-10(15(18)19)5-6-12(13)16/h2-7H,1H3,(H,18,19). The molecule has 0 saturated carbocycles. The van der Waals surface area contributed by atoms with Crippen LogP contribution in [-0.4, -0.2) is 11.1 Å². The van der Waals surface area contributed by atoms with Gasteiger partial charge in [0.05, 0.1) is 11.1 Å². The number of benzene rings is 2. The Morgan fingerprint density at radius 1 is 1.35 bits per heavy atom. The maximum atomic E-state index is 13.8. The number of rotatable bonds is 3. The molecule has 0 bridgehead atoms. The van der Waals surface area contributed by atoms with Crippen molar-refractivity contribution in [2.24, 2.45) is 0 Å². The summed E-state index contributed by atoms with van der Waals surface area (Å²) in [6.45, 7) is 1.82. The van der Waals surface area contributed by atoms with Gasteiger partial charge in [-0.1, -0.05) is 23.9 Å². The van der Waals surface area contributed by atoms with Crippen molar-refractivity contribution in [1.82, 2.24) is 0 Å². The van der Waals surface area contributed by atoms with Crippen molar-refractivity contribution in [1.29, 1.82) is 5.26 Å². The SMILES string of the molecule is Cc1cccc(C#N)c1Sc1cc(C(=O)O)ccc1F. The molecule has 0 radical (unpaired) electrons. The van der Waals surface area contributed by atoms with Crippen molar-refractivity contribution >= 4 is 17.7 Å². The number of aryl methyl sites for hydroxylation is 1. The maximum Gasteiger partial charge on any atom is 0.335 e. The second-order valence-corrected chi connectivity index (χ2v) is 5.17. The number of carboxylic acids is 1. The molecule has 0 atom stereocenters. The fraction of sp³-hybridized carbons (Fsp3) is 0.0667. The number of halogens is 1. The molecular formula is C15H10FNO2S. The van der Waals surface area contributed by atoms with Crippen LogP contribution < -0.4 is 0 Å². The highest BCUT2D eigenvalue weighted by atomic mass is 32.2. The zero-order chi connectivity index (χ0) is 14.7. The number of nitrogens with zero attached hydrogens (tertiary/aromatic N) is 1. The minimum absolute atomic E-state index is 0.0148. The van der Waals surface area contributed by atoms with E-state index in [1.54, 1.807) is 12.1 Å². The van der Waals surface area contributed by atoms with Gasteiger partial charge in [-0.2, -0.15) is 5.26 Å². The Kier molecular flexibility index (Phi) is 4.06. The number of carbonyl (C=O) groups is 1. The smallest absolute Gasteiger partial charge is 0.335 e. The molecule has 5 heteroatoms. The Morgan fingerprint density at radius 3 is 2.75 bits per heavy atom. The molecule has 0 aliphatic carbocycles. The van der Waals surface area contributed by atoms with Gasteiger partial charge < -0.3 is 5.11 Å². The molecule has 0 spiro atoms. The lowest BCUT2D eigenvalue weighted by Crippen LogP contribution is -1.97. The Morgan fingerprint density at radius 2 is 2.10 bits per heavy atom. The molecule has 0 aliphatic rings. The average Bonchev–Trinajstić information content (AvgIpc) is 2.42. The summed E-state index contributed by atoms with van der Waals surface area (Å²) < 4.78 is 13.8. The van der Waals surface area contributed by atoms with Crippen LogP contribution in [0.4, 0.5) is 4.39 Å². The van der Waals surface area contributed by atoms with Gasteiger partial charge in [0.2, 0.25) is 0 Å². The van der Waals surface area contributed by atoms with Gasteiger partial charge in [-0.15, -0.1) is 0 Å². The lowest BCUT2D eigenvalue weighted by Gasteiger charge is -2.09. The van der Waals surface area contributed by atoms with Crippen molar-refractivity contribution in [2.75, 3.05) is 0 Å². The van der Waals surface area contributed by atoms with E-state index in [-0.39, 0.29) is 10.5 Å². The molecule has 0 aliphatic heterocycles. The second-order valence-electron chi connectivity index (χ2n) is 4.12. The van der Waals surface area contributed by atoms with Crippen LogP contribution in [0.25, 0.3) is 0 Å². The van der Waals surface area contributed by atoms with Gasteiger partial charge in [0.15, 0.2) is 0 Å². The number of hydrogen-bond acceptors (Lipinski definition) is 3. The van der Waals surface area contributed by atoms with E-state index in [0.29, 0.717) is 10.5 Å². The van der Waals surface area contributed by atoms with E-state index < -0.39 is 11.8 Å². The van der Waals surface area contributed by atoms with Crippen LogP contribution in [0.5, 0.6) is 0 Å². The third-order valence-electron chi connectivity index (χ3n) is 2.72. The molecular weight excluding hydrogens is 277 g/mol. The Labute approximate surface area is 119 Å². The lowest BCUT2D eigenvalue weighted by atomic mass is 10.1. The highest BCUT2D eigenvalue weighted by Gasteiger charge is 2.13. The van der Waals surface area contributed by atoms with E-state index in [0.717, 1.165) is 23.4 Å². The number of aromatic carboxylic acids is 1. The fourth-order valence-corrected chi connectivity index (χ4v) is 2.72. The third-order valence-corrected chi connectivity index (χ3v) is 4.00. The zero-order valence-corrected chi connectivity index (χ0v) is 11.4. The molecule has 2 rings (SSSR count). The monoisotopic (exact) mass is 287 g/mol. The minimum atomic E-state index is -1.11. The van der Waals surface area contributed by atoms with E-state index >= 15 is 0 Å². The van der Waals surface area contributed by atoms with Crippen LogP contribution >= 0.6 is 11.8 Å². The molecule has 2 aromatic carbocycles. The van der Waals surface area contributed by atoms with Crippen molar-refractivity contribution in [3.63, 3.8) is 0 Å². The fourth-order valence-electron chi connectivity index (χ4n) is 1.70. The first-order chi connectivity index (χ1) is 9.52. The molecule has 20 heavy (non-hydrogen) atoms. The summed E-state index contributed by atoms with van der Waals surface area (Å²) in [7, 11) is 0. The molecule has 0 heterocycles. The van der Waals surface area contributed by atoms with Crippen LogP contribution in [0.3, 0.4) is 0 Å². The Bertz CT molecular complexity index is 722. The highest BCUT2D eigenvalue weighted by molar-refractivity contribution is 7.99. The predicted octanol–water partition coefficient (Wildman–Crippen LogP) is 3.86. The topological polar surface area (TPSA) is 61.1 Å². The van der Waals surface area contributed by atoms with E-state index in [2.05, 4.69) is 6.07 Å². The van der Waals surface area contributed by atoms with Crippen molar-refractivity contribution < 1.29 is 14.3 Å². The van der Waals surface area contributed by atoms with Gasteiger partial charge in [0.1, 0.15) is 11.9 Å². The number of carboxylic acid groups (broad SMARTS) is 1.